The Hall–Kier alpha value is -2.26. The number of nitrogens with zero attached hydrogens (tertiary/aromatic N) is 1. The minimum Gasteiger partial charge on any atom is -0.508 e. The maximum atomic E-state index is 9.46. The molecule has 0 radical (unpaired) electrons. The standard InChI is InChI=1S/C20H25NO2/c1-4-5-20(16-6-10-18(22)11-7-16)17-8-12-19(13-9-17)23-15-14-21(2)3/h5-13,22H,4,14-15H2,1-3H3. The van der Waals surface area contributed by atoms with Gasteiger partial charge in [0, 0.05) is 6.54 Å². The minimum atomic E-state index is 0.286. The summed E-state index contributed by atoms with van der Waals surface area (Å²) in [6, 6.07) is 15.5. The first kappa shape index (κ1) is 17.1. The number of allylic oxidation sites excluding steroid dienone is 1. The maximum Gasteiger partial charge on any atom is 0.119 e. The Morgan fingerprint density at radius 3 is 2.09 bits per heavy atom. The molecule has 2 aromatic rings. The molecule has 0 fully saturated rings. The van der Waals surface area contributed by atoms with Crippen molar-refractivity contribution < 1.29 is 9.84 Å². The first-order valence-corrected chi connectivity index (χ1v) is 7.97. The topological polar surface area (TPSA) is 32.7 Å². The van der Waals surface area contributed by atoms with Crippen LogP contribution in [0.25, 0.3) is 5.57 Å². The number of rotatable bonds is 7. The molecule has 0 aliphatic carbocycles. The molecule has 122 valence electrons. The van der Waals surface area contributed by atoms with Gasteiger partial charge in [0.1, 0.15) is 18.1 Å². The summed E-state index contributed by atoms with van der Waals surface area (Å²) in [6.07, 6.45) is 3.16. The highest BCUT2D eigenvalue weighted by atomic mass is 16.5. The van der Waals surface area contributed by atoms with E-state index in [1.54, 1.807) is 12.1 Å². The van der Waals surface area contributed by atoms with Gasteiger partial charge in [0.15, 0.2) is 0 Å². The molecule has 0 bridgehead atoms. The van der Waals surface area contributed by atoms with Crippen LogP contribution in [0, 0.1) is 0 Å². The second-order valence-electron chi connectivity index (χ2n) is 5.75. The van der Waals surface area contributed by atoms with E-state index >= 15 is 0 Å². The summed E-state index contributed by atoms with van der Waals surface area (Å²) in [5, 5.41) is 9.46. The van der Waals surface area contributed by atoms with E-state index in [2.05, 4.69) is 30.0 Å². The predicted molar refractivity (Wildman–Crippen MR) is 96.0 cm³/mol. The van der Waals surface area contributed by atoms with E-state index in [4.69, 9.17) is 4.74 Å². The van der Waals surface area contributed by atoms with Gasteiger partial charge in [0.2, 0.25) is 0 Å². The van der Waals surface area contributed by atoms with Gasteiger partial charge < -0.3 is 14.7 Å². The van der Waals surface area contributed by atoms with Crippen molar-refractivity contribution in [1.82, 2.24) is 4.90 Å². The molecule has 0 saturated carbocycles. The fraction of sp³-hybridized carbons (Fsp3) is 0.300. The zero-order valence-corrected chi connectivity index (χ0v) is 14.1. The molecule has 0 aliphatic rings. The van der Waals surface area contributed by atoms with Gasteiger partial charge in [-0.15, -0.1) is 0 Å². The van der Waals surface area contributed by atoms with Gasteiger partial charge in [-0.25, -0.2) is 0 Å². The normalized spacial score (nSPS) is 11.7. The van der Waals surface area contributed by atoms with Gasteiger partial charge in [-0.2, -0.15) is 0 Å². The molecule has 3 nitrogen and oxygen atoms in total. The molecule has 0 unspecified atom stereocenters. The van der Waals surface area contributed by atoms with Crippen molar-refractivity contribution in [2.45, 2.75) is 13.3 Å². The largest absolute Gasteiger partial charge is 0.508 e. The number of likely N-dealkylation sites (N-methyl/N-ethyl adjacent to an activating group) is 1. The van der Waals surface area contributed by atoms with E-state index in [1.165, 1.54) is 5.57 Å². The Bertz CT molecular complexity index is 628. The van der Waals surface area contributed by atoms with Crippen molar-refractivity contribution in [3.63, 3.8) is 0 Å². The first-order valence-electron chi connectivity index (χ1n) is 7.97. The third kappa shape index (κ3) is 5.15. The number of aromatic hydroxyl groups is 1. The molecule has 0 atom stereocenters. The molecular weight excluding hydrogens is 286 g/mol. The molecule has 2 aromatic carbocycles. The zero-order valence-electron chi connectivity index (χ0n) is 14.1. The van der Waals surface area contributed by atoms with Gasteiger partial charge in [-0.1, -0.05) is 37.3 Å². The molecular formula is C20H25NO2. The number of hydrogen-bond donors (Lipinski definition) is 1. The fourth-order valence-corrected chi connectivity index (χ4v) is 2.32. The minimum absolute atomic E-state index is 0.286. The van der Waals surface area contributed by atoms with Crippen molar-refractivity contribution in [3.8, 4) is 11.5 Å². The van der Waals surface area contributed by atoms with Crippen LogP contribution in [0.1, 0.15) is 24.5 Å². The zero-order chi connectivity index (χ0) is 16.7. The summed E-state index contributed by atoms with van der Waals surface area (Å²) in [5.41, 5.74) is 3.43. The number of benzene rings is 2. The van der Waals surface area contributed by atoms with Crippen molar-refractivity contribution in [1.29, 1.82) is 0 Å². The van der Waals surface area contributed by atoms with Crippen molar-refractivity contribution in [2.75, 3.05) is 27.2 Å². The highest BCUT2D eigenvalue weighted by Crippen LogP contribution is 2.27. The lowest BCUT2D eigenvalue weighted by molar-refractivity contribution is 0.261. The van der Waals surface area contributed by atoms with Crippen LogP contribution in [0.5, 0.6) is 11.5 Å². The van der Waals surface area contributed by atoms with E-state index in [1.807, 2.05) is 38.4 Å². The van der Waals surface area contributed by atoms with E-state index in [0.717, 1.165) is 29.8 Å². The molecule has 2 rings (SSSR count). The number of hydrogen-bond acceptors (Lipinski definition) is 3. The number of phenols is 1. The van der Waals surface area contributed by atoms with Crippen LogP contribution < -0.4 is 4.74 Å². The summed E-state index contributed by atoms with van der Waals surface area (Å²) in [4.78, 5) is 2.10. The lowest BCUT2D eigenvalue weighted by Gasteiger charge is -2.12. The van der Waals surface area contributed by atoms with Crippen LogP contribution >= 0.6 is 0 Å². The molecule has 0 aromatic heterocycles. The summed E-state index contributed by atoms with van der Waals surface area (Å²) >= 11 is 0. The Morgan fingerprint density at radius 1 is 1.00 bits per heavy atom. The van der Waals surface area contributed by atoms with Crippen molar-refractivity contribution in [3.05, 3.63) is 65.7 Å². The first-order chi connectivity index (χ1) is 11.1. The number of ether oxygens (including phenoxy) is 1. The van der Waals surface area contributed by atoms with Crippen LogP contribution in [-0.4, -0.2) is 37.3 Å². The van der Waals surface area contributed by atoms with E-state index in [9.17, 15) is 5.11 Å². The number of phenolic OH excluding ortho intramolecular Hbond substituents is 1. The maximum absolute atomic E-state index is 9.46. The fourth-order valence-electron chi connectivity index (χ4n) is 2.32. The lowest BCUT2D eigenvalue weighted by Crippen LogP contribution is -2.19. The van der Waals surface area contributed by atoms with Crippen molar-refractivity contribution >= 4 is 5.57 Å². The van der Waals surface area contributed by atoms with Gasteiger partial charge >= 0.3 is 0 Å². The second kappa shape index (κ2) is 8.39. The third-order valence-electron chi connectivity index (χ3n) is 3.56. The smallest absolute Gasteiger partial charge is 0.119 e. The molecule has 0 aliphatic heterocycles. The quantitative estimate of drug-likeness (QED) is 0.833. The van der Waals surface area contributed by atoms with Crippen LogP contribution in [0.15, 0.2) is 54.6 Å². The molecule has 23 heavy (non-hydrogen) atoms. The Balaban J connectivity index is 2.14. The Labute approximate surface area is 138 Å². The average Bonchev–Trinajstić information content (AvgIpc) is 2.54. The van der Waals surface area contributed by atoms with Crippen LogP contribution in [0.3, 0.4) is 0 Å². The monoisotopic (exact) mass is 311 g/mol. The average molecular weight is 311 g/mol. The summed E-state index contributed by atoms with van der Waals surface area (Å²) in [6.45, 7) is 3.71. The van der Waals surface area contributed by atoms with E-state index < -0.39 is 0 Å². The predicted octanol–water partition coefficient (Wildman–Crippen LogP) is 4.17. The van der Waals surface area contributed by atoms with Crippen LogP contribution in [-0.2, 0) is 0 Å². The Morgan fingerprint density at radius 2 is 1.57 bits per heavy atom. The van der Waals surface area contributed by atoms with Crippen LogP contribution in [0.2, 0.25) is 0 Å². The second-order valence-corrected chi connectivity index (χ2v) is 5.75. The van der Waals surface area contributed by atoms with Gasteiger partial charge in [0.05, 0.1) is 0 Å². The summed E-state index contributed by atoms with van der Waals surface area (Å²) in [7, 11) is 4.07. The highest BCUT2D eigenvalue weighted by Gasteiger charge is 2.05. The molecule has 1 N–H and O–H groups in total. The van der Waals surface area contributed by atoms with Crippen LogP contribution in [0.4, 0.5) is 0 Å². The molecule has 0 spiro atoms. The van der Waals surface area contributed by atoms with Gasteiger partial charge in [0.25, 0.3) is 0 Å². The molecule has 0 amide bonds. The molecule has 0 saturated heterocycles. The molecule has 0 heterocycles. The van der Waals surface area contributed by atoms with E-state index in [-0.39, 0.29) is 5.75 Å². The SMILES string of the molecule is CCC=C(c1ccc(O)cc1)c1ccc(OCCN(C)C)cc1. The van der Waals surface area contributed by atoms with E-state index in [0.29, 0.717) is 6.61 Å². The van der Waals surface area contributed by atoms with Gasteiger partial charge in [-0.05, 0) is 61.5 Å². The third-order valence-corrected chi connectivity index (χ3v) is 3.56. The Kier molecular flexibility index (Phi) is 6.24. The van der Waals surface area contributed by atoms with Crippen molar-refractivity contribution in [2.24, 2.45) is 0 Å². The summed E-state index contributed by atoms with van der Waals surface area (Å²) < 4.78 is 5.74. The lowest BCUT2D eigenvalue weighted by atomic mass is 9.97. The molecule has 3 heteroatoms. The van der Waals surface area contributed by atoms with Gasteiger partial charge in [-0.3, -0.25) is 0 Å². The highest BCUT2D eigenvalue weighted by molar-refractivity contribution is 5.80. The summed E-state index contributed by atoms with van der Waals surface area (Å²) in [5.74, 6) is 1.17.